The van der Waals surface area contributed by atoms with Crippen LogP contribution in [0.3, 0.4) is 0 Å². The van der Waals surface area contributed by atoms with Gasteiger partial charge >= 0.3 is 0 Å². The maximum atomic E-state index is 14.0. The maximum Gasteiger partial charge on any atom is 0.255 e. The van der Waals surface area contributed by atoms with E-state index >= 15 is 0 Å². The first-order chi connectivity index (χ1) is 15.9. The number of nitrogens with one attached hydrogen (secondary N) is 2. The maximum absolute atomic E-state index is 14.0. The Morgan fingerprint density at radius 2 is 2.00 bits per heavy atom. The highest BCUT2D eigenvalue weighted by atomic mass is 19.1. The van der Waals surface area contributed by atoms with Crippen molar-refractivity contribution in [2.75, 3.05) is 19.7 Å². The Bertz CT molecular complexity index is 1180. The number of piperidine rings is 1. The van der Waals surface area contributed by atoms with Gasteiger partial charge < -0.3 is 19.9 Å². The van der Waals surface area contributed by atoms with Gasteiger partial charge in [-0.1, -0.05) is 6.92 Å². The summed E-state index contributed by atoms with van der Waals surface area (Å²) in [4.78, 5) is 38.9. The van der Waals surface area contributed by atoms with E-state index in [1.165, 1.54) is 18.5 Å². The van der Waals surface area contributed by atoms with Gasteiger partial charge in [-0.25, -0.2) is 14.4 Å². The lowest BCUT2D eigenvalue weighted by atomic mass is 10.0. The first-order valence-corrected chi connectivity index (χ1v) is 11.3. The van der Waals surface area contributed by atoms with Gasteiger partial charge in [0.1, 0.15) is 29.1 Å². The fourth-order valence-electron chi connectivity index (χ4n) is 4.33. The molecule has 9 heteroatoms. The second kappa shape index (κ2) is 9.56. The molecule has 1 aliphatic heterocycles. The Hall–Kier alpha value is -3.49. The fraction of sp³-hybridized carbons (Fsp3) is 0.417. The van der Waals surface area contributed by atoms with Gasteiger partial charge in [0, 0.05) is 36.8 Å². The van der Waals surface area contributed by atoms with Gasteiger partial charge in [-0.05, 0) is 44.9 Å². The van der Waals surface area contributed by atoms with Crippen molar-refractivity contribution in [2.45, 2.75) is 46.1 Å². The average molecular weight is 454 g/mol. The van der Waals surface area contributed by atoms with Crippen LogP contribution < -0.4 is 10.1 Å². The molecule has 0 saturated carbocycles. The summed E-state index contributed by atoms with van der Waals surface area (Å²) in [5.74, 6) is 0.00749. The standard InChI is InChI=1S/C24H28FN5O3/c1-4-19(31)30-10-8-16(9-11-30)29-24(32)20-14(3)28-23-21(26-13-27-22(20)23)17-12-15(25)6-7-18(17)33-5-2/h6-7,12-13,16,28H,4-5,8-11H2,1-3H3,(H,29,32). The number of aromatic nitrogens is 3. The van der Waals surface area contributed by atoms with Gasteiger partial charge in [0.2, 0.25) is 5.91 Å². The van der Waals surface area contributed by atoms with E-state index in [0.29, 0.717) is 78.3 Å². The van der Waals surface area contributed by atoms with E-state index in [1.807, 2.05) is 18.7 Å². The highest BCUT2D eigenvalue weighted by Crippen LogP contribution is 2.34. The minimum atomic E-state index is -0.408. The molecule has 2 amide bonds. The summed E-state index contributed by atoms with van der Waals surface area (Å²) in [5, 5.41) is 3.09. The van der Waals surface area contributed by atoms with E-state index in [-0.39, 0.29) is 17.9 Å². The van der Waals surface area contributed by atoms with Crippen LogP contribution in [0.2, 0.25) is 0 Å². The molecule has 1 saturated heterocycles. The number of aromatic amines is 1. The van der Waals surface area contributed by atoms with Crippen molar-refractivity contribution in [3.05, 3.63) is 41.6 Å². The molecule has 0 spiro atoms. The summed E-state index contributed by atoms with van der Waals surface area (Å²) >= 11 is 0. The van der Waals surface area contributed by atoms with Crippen LogP contribution in [0.4, 0.5) is 4.39 Å². The van der Waals surface area contributed by atoms with Gasteiger partial charge in [0.05, 0.1) is 17.7 Å². The largest absolute Gasteiger partial charge is 0.493 e. The molecule has 2 N–H and O–H groups in total. The first kappa shape index (κ1) is 22.7. The fourth-order valence-corrected chi connectivity index (χ4v) is 4.33. The minimum absolute atomic E-state index is 0.0168. The van der Waals surface area contributed by atoms with Crippen molar-refractivity contribution in [1.29, 1.82) is 0 Å². The van der Waals surface area contributed by atoms with Crippen molar-refractivity contribution in [3.63, 3.8) is 0 Å². The number of fused-ring (bicyclic) bond motifs is 1. The predicted molar refractivity (Wildman–Crippen MR) is 123 cm³/mol. The molecular weight excluding hydrogens is 425 g/mol. The van der Waals surface area contributed by atoms with E-state index in [4.69, 9.17) is 4.74 Å². The third-order valence-electron chi connectivity index (χ3n) is 5.98. The van der Waals surface area contributed by atoms with Gasteiger partial charge in [-0.2, -0.15) is 0 Å². The number of amides is 2. The molecule has 1 aromatic carbocycles. The number of hydrogen-bond acceptors (Lipinski definition) is 5. The molecule has 4 rings (SSSR count). The third kappa shape index (κ3) is 4.53. The number of ether oxygens (including phenoxy) is 1. The molecule has 3 aromatic rings. The second-order valence-corrected chi connectivity index (χ2v) is 8.13. The lowest BCUT2D eigenvalue weighted by Gasteiger charge is -2.32. The van der Waals surface area contributed by atoms with Crippen molar-refractivity contribution in [1.82, 2.24) is 25.2 Å². The molecule has 2 aromatic heterocycles. The quantitative estimate of drug-likeness (QED) is 0.594. The number of benzene rings is 1. The summed E-state index contributed by atoms with van der Waals surface area (Å²) < 4.78 is 19.7. The van der Waals surface area contributed by atoms with Crippen LogP contribution in [0.5, 0.6) is 5.75 Å². The molecule has 0 atom stereocenters. The van der Waals surface area contributed by atoms with Crippen molar-refractivity contribution in [3.8, 4) is 17.0 Å². The smallest absolute Gasteiger partial charge is 0.255 e. The zero-order chi connectivity index (χ0) is 23.5. The summed E-state index contributed by atoms with van der Waals surface area (Å²) in [6.07, 6.45) is 3.28. The SMILES string of the molecule is CCOc1ccc(F)cc1-c1ncnc2c(C(=O)NC3CCN(C(=O)CC)CC3)c(C)[nH]c12. The molecule has 0 unspecified atom stereocenters. The molecule has 0 radical (unpaired) electrons. The molecule has 1 aliphatic rings. The van der Waals surface area contributed by atoms with E-state index < -0.39 is 5.82 Å². The lowest BCUT2D eigenvalue weighted by Crippen LogP contribution is -2.46. The van der Waals surface area contributed by atoms with Crippen LogP contribution in [0, 0.1) is 12.7 Å². The van der Waals surface area contributed by atoms with E-state index in [0.717, 1.165) is 0 Å². The monoisotopic (exact) mass is 453 g/mol. The number of carbonyl (C=O) groups excluding carboxylic acids is 2. The summed E-state index contributed by atoms with van der Waals surface area (Å²) in [7, 11) is 0. The Morgan fingerprint density at radius 3 is 2.70 bits per heavy atom. The molecule has 8 nitrogen and oxygen atoms in total. The number of likely N-dealkylation sites (tertiary alicyclic amines) is 1. The highest BCUT2D eigenvalue weighted by Gasteiger charge is 2.26. The van der Waals surface area contributed by atoms with Crippen LogP contribution in [0.15, 0.2) is 24.5 Å². The molecule has 1 fully saturated rings. The predicted octanol–water partition coefficient (Wildman–Crippen LogP) is 3.60. The normalized spacial score (nSPS) is 14.5. The van der Waals surface area contributed by atoms with E-state index in [9.17, 15) is 14.0 Å². The van der Waals surface area contributed by atoms with Gasteiger partial charge in [-0.3, -0.25) is 9.59 Å². The van der Waals surface area contributed by atoms with E-state index in [2.05, 4.69) is 20.3 Å². The number of rotatable bonds is 6. The zero-order valence-corrected chi connectivity index (χ0v) is 19.1. The number of H-pyrrole nitrogens is 1. The van der Waals surface area contributed by atoms with Gasteiger partial charge in [0.15, 0.2) is 0 Å². The van der Waals surface area contributed by atoms with Gasteiger partial charge in [0.25, 0.3) is 5.91 Å². The minimum Gasteiger partial charge on any atom is -0.493 e. The second-order valence-electron chi connectivity index (χ2n) is 8.13. The van der Waals surface area contributed by atoms with Crippen LogP contribution in [-0.4, -0.2) is 57.4 Å². The average Bonchev–Trinajstić information content (AvgIpc) is 3.16. The highest BCUT2D eigenvalue weighted by molar-refractivity contribution is 6.09. The molecular formula is C24H28FN5O3. The van der Waals surface area contributed by atoms with Crippen molar-refractivity contribution < 1.29 is 18.7 Å². The lowest BCUT2D eigenvalue weighted by molar-refractivity contribution is -0.131. The van der Waals surface area contributed by atoms with Gasteiger partial charge in [-0.15, -0.1) is 0 Å². The Kier molecular flexibility index (Phi) is 6.57. The van der Waals surface area contributed by atoms with E-state index in [1.54, 1.807) is 13.0 Å². The number of nitrogens with zero attached hydrogens (tertiary/aromatic N) is 3. The number of aryl methyl sites for hydroxylation is 1. The summed E-state index contributed by atoms with van der Waals surface area (Å²) in [6.45, 7) is 7.21. The molecule has 174 valence electrons. The molecule has 0 aliphatic carbocycles. The van der Waals surface area contributed by atoms with Crippen molar-refractivity contribution >= 4 is 22.8 Å². The molecule has 3 heterocycles. The first-order valence-electron chi connectivity index (χ1n) is 11.3. The Morgan fingerprint density at radius 1 is 1.24 bits per heavy atom. The zero-order valence-electron chi connectivity index (χ0n) is 19.1. The van der Waals surface area contributed by atoms with Crippen LogP contribution in [0.25, 0.3) is 22.3 Å². The summed E-state index contributed by atoms with van der Waals surface area (Å²) in [5.41, 5.74) is 3.07. The number of hydrogen-bond donors (Lipinski definition) is 2. The number of carbonyl (C=O) groups is 2. The molecule has 0 bridgehead atoms. The summed E-state index contributed by atoms with van der Waals surface area (Å²) in [6, 6.07) is 4.26. The molecule has 33 heavy (non-hydrogen) atoms. The van der Waals surface area contributed by atoms with Crippen LogP contribution in [0.1, 0.15) is 49.2 Å². The number of halogens is 1. The van der Waals surface area contributed by atoms with Crippen molar-refractivity contribution in [2.24, 2.45) is 0 Å². The van der Waals surface area contributed by atoms with Crippen LogP contribution in [-0.2, 0) is 4.79 Å². The Balaban J connectivity index is 1.62. The third-order valence-corrected chi connectivity index (χ3v) is 5.98. The Labute approximate surface area is 191 Å². The topological polar surface area (TPSA) is 100 Å². The van der Waals surface area contributed by atoms with Crippen LogP contribution >= 0.6 is 0 Å².